The van der Waals surface area contributed by atoms with Gasteiger partial charge in [0.15, 0.2) is 0 Å². The predicted molar refractivity (Wildman–Crippen MR) is 69.1 cm³/mol. The van der Waals surface area contributed by atoms with E-state index in [0.29, 0.717) is 19.4 Å². The fraction of sp³-hybridized carbons (Fsp3) is 0.846. The van der Waals surface area contributed by atoms with E-state index >= 15 is 0 Å². The van der Waals surface area contributed by atoms with Crippen LogP contribution in [0.1, 0.15) is 39.5 Å². The van der Waals surface area contributed by atoms with E-state index in [0.717, 1.165) is 25.9 Å². The van der Waals surface area contributed by atoms with Crippen molar-refractivity contribution in [3.8, 4) is 0 Å². The molecule has 104 valence electrons. The summed E-state index contributed by atoms with van der Waals surface area (Å²) in [6.07, 6.45) is 2.80. The van der Waals surface area contributed by atoms with Gasteiger partial charge in [0, 0.05) is 18.4 Å². The summed E-state index contributed by atoms with van der Waals surface area (Å²) >= 11 is 0. The topological polar surface area (TPSA) is 67.4 Å². The van der Waals surface area contributed by atoms with Gasteiger partial charge in [0.05, 0.1) is 6.61 Å². The Balaban J connectivity index is 2.20. The summed E-state index contributed by atoms with van der Waals surface area (Å²) in [7, 11) is 0. The largest absolute Gasteiger partial charge is 0.466 e. The fourth-order valence-electron chi connectivity index (χ4n) is 2.08. The van der Waals surface area contributed by atoms with Gasteiger partial charge in [0.1, 0.15) is 0 Å². The zero-order valence-electron chi connectivity index (χ0n) is 11.3. The molecule has 1 unspecified atom stereocenters. The van der Waals surface area contributed by atoms with E-state index in [1.165, 1.54) is 0 Å². The third-order valence-corrected chi connectivity index (χ3v) is 3.19. The highest BCUT2D eigenvalue weighted by molar-refractivity contribution is 5.79. The average Bonchev–Trinajstić information content (AvgIpc) is 2.38. The van der Waals surface area contributed by atoms with E-state index < -0.39 is 0 Å². The molecule has 0 bridgehead atoms. The molecule has 0 spiro atoms. The predicted octanol–water partition coefficient (Wildman–Crippen LogP) is 0.834. The lowest BCUT2D eigenvalue weighted by Gasteiger charge is -2.23. The summed E-state index contributed by atoms with van der Waals surface area (Å²) in [6, 6.07) is 0.0248. The molecule has 1 saturated heterocycles. The number of hydrogen-bond donors (Lipinski definition) is 2. The molecule has 1 rings (SSSR count). The molecular weight excluding hydrogens is 232 g/mol. The van der Waals surface area contributed by atoms with Crippen LogP contribution in [0.15, 0.2) is 0 Å². The Kier molecular flexibility index (Phi) is 6.72. The number of nitrogens with one attached hydrogen (secondary N) is 2. The normalized spacial score (nSPS) is 18.1. The van der Waals surface area contributed by atoms with Crippen LogP contribution in [0.25, 0.3) is 0 Å². The van der Waals surface area contributed by atoms with Crippen LogP contribution < -0.4 is 10.6 Å². The molecule has 1 aliphatic rings. The molecule has 0 aliphatic carbocycles. The van der Waals surface area contributed by atoms with Crippen molar-refractivity contribution < 1.29 is 14.3 Å². The van der Waals surface area contributed by atoms with Crippen molar-refractivity contribution in [1.82, 2.24) is 10.6 Å². The fourth-order valence-corrected chi connectivity index (χ4v) is 2.08. The highest BCUT2D eigenvalue weighted by Crippen LogP contribution is 2.12. The number of hydrogen-bond acceptors (Lipinski definition) is 4. The lowest BCUT2D eigenvalue weighted by atomic mass is 9.97. The molecule has 0 saturated carbocycles. The molecule has 0 aromatic carbocycles. The van der Waals surface area contributed by atoms with Crippen LogP contribution in [0.3, 0.4) is 0 Å². The van der Waals surface area contributed by atoms with Gasteiger partial charge in [-0.15, -0.1) is 0 Å². The molecule has 5 nitrogen and oxygen atoms in total. The molecule has 0 aromatic heterocycles. The van der Waals surface area contributed by atoms with E-state index in [-0.39, 0.29) is 23.8 Å². The van der Waals surface area contributed by atoms with Crippen molar-refractivity contribution in [3.63, 3.8) is 0 Å². The van der Waals surface area contributed by atoms with Crippen LogP contribution in [0.2, 0.25) is 0 Å². The summed E-state index contributed by atoms with van der Waals surface area (Å²) in [5.74, 6) is 0.0459. The molecule has 1 atom stereocenters. The molecule has 1 heterocycles. The Morgan fingerprint density at radius 1 is 1.39 bits per heavy atom. The molecule has 1 fully saturated rings. The molecule has 5 heteroatoms. The Hall–Kier alpha value is -1.10. The van der Waals surface area contributed by atoms with Crippen LogP contribution in [0, 0.1) is 5.92 Å². The second-order valence-electron chi connectivity index (χ2n) is 4.78. The Labute approximate surface area is 109 Å². The number of rotatable bonds is 6. The van der Waals surface area contributed by atoms with Crippen LogP contribution in [0.5, 0.6) is 0 Å². The summed E-state index contributed by atoms with van der Waals surface area (Å²) in [5.41, 5.74) is 0. The summed E-state index contributed by atoms with van der Waals surface area (Å²) in [6.45, 7) is 5.96. The molecule has 18 heavy (non-hydrogen) atoms. The van der Waals surface area contributed by atoms with E-state index in [1.807, 2.05) is 6.92 Å². The van der Waals surface area contributed by atoms with Gasteiger partial charge < -0.3 is 15.4 Å². The van der Waals surface area contributed by atoms with Gasteiger partial charge in [-0.05, 0) is 46.2 Å². The molecule has 1 amide bonds. The second kappa shape index (κ2) is 8.08. The van der Waals surface area contributed by atoms with Crippen LogP contribution in [-0.4, -0.2) is 37.6 Å². The van der Waals surface area contributed by atoms with Gasteiger partial charge >= 0.3 is 5.97 Å². The Morgan fingerprint density at radius 3 is 2.67 bits per heavy atom. The summed E-state index contributed by atoms with van der Waals surface area (Å²) in [4.78, 5) is 23.1. The van der Waals surface area contributed by atoms with Crippen molar-refractivity contribution in [1.29, 1.82) is 0 Å². The highest BCUT2D eigenvalue weighted by atomic mass is 16.5. The third kappa shape index (κ3) is 5.49. The van der Waals surface area contributed by atoms with Gasteiger partial charge in [0.2, 0.25) is 5.91 Å². The van der Waals surface area contributed by atoms with Crippen molar-refractivity contribution >= 4 is 11.9 Å². The first-order valence-corrected chi connectivity index (χ1v) is 6.80. The minimum Gasteiger partial charge on any atom is -0.466 e. The number of amides is 1. The van der Waals surface area contributed by atoms with Crippen LogP contribution in [-0.2, 0) is 14.3 Å². The zero-order chi connectivity index (χ0) is 13.4. The van der Waals surface area contributed by atoms with Gasteiger partial charge in [-0.1, -0.05) is 0 Å². The molecular formula is C13H24N2O3. The average molecular weight is 256 g/mol. The molecule has 2 N–H and O–H groups in total. The maximum Gasteiger partial charge on any atom is 0.305 e. The number of piperidine rings is 1. The van der Waals surface area contributed by atoms with Crippen LogP contribution >= 0.6 is 0 Å². The van der Waals surface area contributed by atoms with Crippen molar-refractivity contribution in [2.75, 3.05) is 19.7 Å². The number of carbonyl (C=O) groups excluding carboxylic acids is 2. The van der Waals surface area contributed by atoms with Crippen molar-refractivity contribution in [3.05, 3.63) is 0 Å². The number of carbonyl (C=O) groups is 2. The maximum absolute atomic E-state index is 11.9. The SMILES string of the molecule is CCOC(=O)CCC(C)NC(=O)C1CCNCC1. The summed E-state index contributed by atoms with van der Waals surface area (Å²) in [5, 5.41) is 6.21. The lowest BCUT2D eigenvalue weighted by molar-refractivity contribution is -0.143. The van der Waals surface area contributed by atoms with Gasteiger partial charge in [0.25, 0.3) is 0 Å². The van der Waals surface area contributed by atoms with E-state index in [9.17, 15) is 9.59 Å². The first-order valence-electron chi connectivity index (χ1n) is 6.80. The minimum absolute atomic E-state index is 0.0248. The monoisotopic (exact) mass is 256 g/mol. The van der Waals surface area contributed by atoms with E-state index in [4.69, 9.17) is 4.74 Å². The first-order chi connectivity index (χ1) is 8.63. The third-order valence-electron chi connectivity index (χ3n) is 3.19. The van der Waals surface area contributed by atoms with Crippen LogP contribution in [0.4, 0.5) is 0 Å². The number of ether oxygens (including phenoxy) is 1. The van der Waals surface area contributed by atoms with Crippen molar-refractivity contribution in [2.24, 2.45) is 5.92 Å². The maximum atomic E-state index is 11.9. The Morgan fingerprint density at radius 2 is 2.06 bits per heavy atom. The van der Waals surface area contributed by atoms with E-state index in [2.05, 4.69) is 10.6 Å². The Bertz CT molecular complexity index is 275. The first kappa shape index (κ1) is 15.0. The zero-order valence-corrected chi connectivity index (χ0v) is 11.3. The highest BCUT2D eigenvalue weighted by Gasteiger charge is 2.22. The standard InChI is InChI=1S/C13H24N2O3/c1-3-18-12(16)5-4-10(2)15-13(17)11-6-8-14-9-7-11/h10-11,14H,3-9H2,1-2H3,(H,15,17). The summed E-state index contributed by atoms with van der Waals surface area (Å²) < 4.78 is 4.85. The van der Waals surface area contributed by atoms with Crippen molar-refractivity contribution in [2.45, 2.75) is 45.6 Å². The van der Waals surface area contributed by atoms with E-state index in [1.54, 1.807) is 6.92 Å². The number of esters is 1. The molecule has 0 radical (unpaired) electrons. The quantitative estimate of drug-likeness (QED) is 0.691. The molecule has 0 aromatic rings. The second-order valence-corrected chi connectivity index (χ2v) is 4.78. The minimum atomic E-state index is -0.194. The van der Waals surface area contributed by atoms with Gasteiger partial charge in [-0.25, -0.2) is 0 Å². The van der Waals surface area contributed by atoms with Gasteiger partial charge in [-0.2, -0.15) is 0 Å². The van der Waals surface area contributed by atoms with Gasteiger partial charge in [-0.3, -0.25) is 9.59 Å². The lowest BCUT2D eigenvalue weighted by Crippen LogP contribution is -2.41. The smallest absolute Gasteiger partial charge is 0.305 e. The molecule has 1 aliphatic heterocycles.